The van der Waals surface area contributed by atoms with Gasteiger partial charge in [0.05, 0.1) is 22.1 Å². The lowest BCUT2D eigenvalue weighted by molar-refractivity contribution is 0.672. The van der Waals surface area contributed by atoms with Gasteiger partial charge in [-0.2, -0.15) is 0 Å². The minimum Gasteiger partial charge on any atom is -0.455 e. The number of hydrogen-bond donors (Lipinski definition) is 0. The normalized spacial score (nSPS) is 11.7. The van der Waals surface area contributed by atoms with E-state index < -0.39 is 0 Å². The van der Waals surface area contributed by atoms with Crippen LogP contribution in [-0.4, -0.2) is 4.57 Å². The fourth-order valence-electron chi connectivity index (χ4n) is 7.55. The van der Waals surface area contributed by atoms with Crippen molar-refractivity contribution in [2.24, 2.45) is 0 Å². The minimum absolute atomic E-state index is 0.878. The van der Waals surface area contributed by atoms with Crippen molar-refractivity contribution < 1.29 is 4.42 Å². The molecule has 0 atom stereocenters. The van der Waals surface area contributed by atoms with Crippen LogP contribution in [0.3, 0.4) is 0 Å². The van der Waals surface area contributed by atoms with Gasteiger partial charge in [-0.25, -0.2) is 0 Å². The van der Waals surface area contributed by atoms with Crippen molar-refractivity contribution in [2.45, 2.75) is 0 Å². The molecule has 0 aliphatic heterocycles. The Labute approximate surface area is 283 Å². The van der Waals surface area contributed by atoms with E-state index >= 15 is 0 Å². The van der Waals surface area contributed by atoms with Crippen molar-refractivity contribution >= 4 is 71.6 Å². The number of fused-ring (bicyclic) bond motifs is 8. The standard InChI is InChI=1S/C46H30N2O/c1-2-14-34(15-3-1)47(43-22-11-23-44-45(43)40-29-26-32-12-4-5-17-37(32)46(40)49-44)35-27-24-31(25-28-35)33-13-10-16-36(30-33)48-41-20-8-6-18-38(41)39-19-7-9-21-42(39)48/h1-30H. The molecule has 0 amide bonds. The lowest BCUT2D eigenvalue weighted by atomic mass is 10.0. The number of furan rings is 1. The van der Waals surface area contributed by atoms with Crippen molar-refractivity contribution in [3.8, 4) is 16.8 Å². The number of anilines is 3. The number of aromatic nitrogens is 1. The van der Waals surface area contributed by atoms with Crippen molar-refractivity contribution in [1.29, 1.82) is 0 Å². The maximum absolute atomic E-state index is 6.57. The van der Waals surface area contributed by atoms with Crippen LogP contribution in [0.1, 0.15) is 0 Å². The molecule has 0 saturated heterocycles. The first-order valence-corrected chi connectivity index (χ1v) is 16.7. The number of nitrogens with zero attached hydrogens (tertiary/aromatic N) is 2. The van der Waals surface area contributed by atoms with Crippen LogP contribution in [0.15, 0.2) is 186 Å². The van der Waals surface area contributed by atoms with Gasteiger partial charge in [0.1, 0.15) is 11.2 Å². The van der Waals surface area contributed by atoms with Gasteiger partial charge < -0.3 is 13.9 Å². The van der Waals surface area contributed by atoms with E-state index in [4.69, 9.17) is 4.42 Å². The Morgan fingerprint density at radius 3 is 1.86 bits per heavy atom. The summed E-state index contributed by atoms with van der Waals surface area (Å²) in [5, 5.41) is 7.05. The second-order valence-corrected chi connectivity index (χ2v) is 12.6. The van der Waals surface area contributed by atoms with E-state index in [0.717, 1.165) is 55.6 Å². The monoisotopic (exact) mass is 626 g/mol. The molecule has 0 fully saturated rings. The van der Waals surface area contributed by atoms with E-state index in [1.165, 1.54) is 32.8 Å². The number of rotatable bonds is 5. The average Bonchev–Trinajstić information content (AvgIpc) is 3.73. The van der Waals surface area contributed by atoms with Crippen molar-refractivity contribution in [2.75, 3.05) is 4.90 Å². The van der Waals surface area contributed by atoms with Crippen LogP contribution in [0.2, 0.25) is 0 Å². The van der Waals surface area contributed by atoms with Gasteiger partial charge in [-0.15, -0.1) is 0 Å². The lowest BCUT2D eigenvalue weighted by Crippen LogP contribution is -2.10. The summed E-state index contributed by atoms with van der Waals surface area (Å²) in [6, 6.07) is 64.9. The third kappa shape index (κ3) is 4.37. The highest BCUT2D eigenvalue weighted by Crippen LogP contribution is 2.44. The van der Waals surface area contributed by atoms with E-state index in [9.17, 15) is 0 Å². The summed E-state index contributed by atoms with van der Waals surface area (Å²) in [6.45, 7) is 0. The molecule has 10 aromatic rings. The summed E-state index contributed by atoms with van der Waals surface area (Å²) < 4.78 is 8.95. The summed E-state index contributed by atoms with van der Waals surface area (Å²) in [7, 11) is 0. The zero-order valence-electron chi connectivity index (χ0n) is 26.6. The molecule has 0 radical (unpaired) electrons. The maximum atomic E-state index is 6.57. The van der Waals surface area contributed by atoms with Gasteiger partial charge in [0.2, 0.25) is 0 Å². The summed E-state index contributed by atoms with van der Waals surface area (Å²) in [4.78, 5) is 2.34. The number of benzene rings is 8. The summed E-state index contributed by atoms with van der Waals surface area (Å²) in [5.74, 6) is 0. The summed E-state index contributed by atoms with van der Waals surface area (Å²) in [6.07, 6.45) is 0. The molecule has 8 aromatic carbocycles. The Balaban J connectivity index is 1.10. The Morgan fingerprint density at radius 2 is 1.08 bits per heavy atom. The van der Waals surface area contributed by atoms with Gasteiger partial charge >= 0.3 is 0 Å². The zero-order valence-corrected chi connectivity index (χ0v) is 26.6. The molecule has 49 heavy (non-hydrogen) atoms. The smallest absolute Gasteiger partial charge is 0.143 e. The molecule has 3 heteroatoms. The van der Waals surface area contributed by atoms with Gasteiger partial charge in [-0.1, -0.05) is 115 Å². The van der Waals surface area contributed by atoms with Crippen molar-refractivity contribution in [1.82, 2.24) is 4.57 Å². The third-order valence-corrected chi connectivity index (χ3v) is 9.76. The van der Waals surface area contributed by atoms with Gasteiger partial charge in [-0.3, -0.25) is 0 Å². The zero-order chi connectivity index (χ0) is 32.3. The van der Waals surface area contributed by atoms with Crippen molar-refractivity contribution in [3.05, 3.63) is 182 Å². The largest absolute Gasteiger partial charge is 0.455 e. The van der Waals surface area contributed by atoms with E-state index in [0.29, 0.717) is 0 Å². The second-order valence-electron chi connectivity index (χ2n) is 12.6. The molecule has 0 saturated carbocycles. The fourth-order valence-corrected chi connectivity index (χ4v) is 7.55. The second kappa shape index (κ2) is 11.0. The molecule has 0 aliphatic carbocycles. The van der Waals surface area contributed by atoms with Crippen LogP contribution in [-0.2, 0) is 0 Å². The average molecular weight is 627 g/mol. The summed E-state index contributed by atoms with van der Waals surface area (Å²) in [5.41, 5.74) is 11.0. The first-order chi connectivity index (χ1) is 24.3. The van der Waals surface area contributed by atoms with Crippen molar-refractivity contribution in [3.63, 3.8) is 0 Å². The molecular weight excluding hydrogens is 597 g/mol. The predicted molar refractivity (Wildman–Crippen MR) is 206 cm³/mol. The Kier molecular flexibility index (Phi) is 6.18. The first-order valence-electron chi connectivity index (χ1n) is 16.7. The van der Waals surface area contributed by atoms with E-state index in [1.807, 2.05) is 0 Å². The molecular formula is C46H30N2O. The first kappa shape index (κ1) is 27.5. The third-order valence-electron chi connectivity index (χ3n) is 9.76. The van der Waals surface area contributed by atoms with Crippen LogP contribution in [0.5, 0.6) is 0 Å². The molecule has 0 spiro atoms. The maximum Gasteiger partial charge on any atom is 0.143 e. The molecule has 0 aliphatic rings. The van der Waals surface area contributed by atoms with Crippen LogP contribution in [0.25, 0.3) is 71.3 Å². The lowest BCUT2D eigenvalue weighted by Gasteiger charge is -2.26. The molecule has 2 heterocycles. The van der Waals surface area contributed by atoms with Gasteiger partial charge in [0.15, 0.2) is 0 Å². The number of para-hydroxylation sites is 3. The predicted octanol–water partition coefficient (Wildman–Crippen LogP) is 13.0. The molecule has 3 nitrogen and oxygen atoms in total. The molecule has 2 aromatic heterocycles. The number of hydrogen-bond acceptors (Lipinski definition) is 2. The van der Waals surface area contributed by atoms with Gasteiger partial charge in [0, 0.05) is 38.6 Å². The Hall–Kier alpha value is -6.58. The van der Waals surface area contributed by atoms with E-state index in [1.54, 1.807) is 0 Å². The topological polar surface area (TPSA) is 21.3 Å². The highest BCUT2D eigenvalue weighted by molar-refractivity contribution is 6.19. The molecule has 0 unspecified atom stereocenters. The minimum atomic E-state index is 0.878. The molecule has 230 valence electrons. The van der Waals surface area contributed by atoms with Gasteiger partial charge in [0.25, 0.3) is 0 Å². The summed E-state index contributed by atoms with van der Waals surface area (Å²) >= 11 is 0. The van der Waals surface area contributed by atoms with Crippen LogP contribution < -0.4 is 4.90 Å². The van der Waals surface area contributed by atoms with Gasteiger partial charge in [-0.05, 0) is 83.2 Å². The molecule has 0 bridgehead atoms. The Bertz CT molecular complexity index is 2770. The fraction of sp³-hybridized carbons (Fsp3) is 0. The van der Waals surface area contributed by atoms with Crippen LogP contribution >= 0.6 is 0 Å². The molecule has 0 N–H and O–H groups in total. The highest BCUT2D eigenvalue weighted by Gasteiger charge is 2.20. The Morgan fingerprint density at radius 1 is 0.429 bits per heavy atom. The highest BCUT2D eigenvalue weighted by atomic mass is 16.3. The van der Waals surface area contributed by atoms with Crippen LogP contribution in [0.4, 0.5) is 17.1 Å². The SMILES string of the molecule is c1ccc(N(c2ccc(-c3cccc(-n4c5ccccc5c5ccccc54)c3)cc2)c2cccc3oc4c5ccccc5ccc4c23)cc1. The quantitative estimate of drug-likeness (QED) is 0.190. The van der Waals surface area contributed by atoms with E-state index in [-0.39, 0.29) is 0 Å². The molecule has 10 rings (SSSR count). The van der Waals surface area contributed by atoms with E-state index in [2.05, 4.69) is 191 Å². The van der Waals surface area contributed by atoms with Crippen LogP contribution in [0, 0.1) is 0 Å².